The first kappa shape index (κ1) is 17.3. The summed E-state index contributed by atoms with van der Waals surface area (Å²) in [5, 5.41) is 5.52. The number of benzene rings is 1. The number of pyridine rings is 2. The van der Waals surface area contributed by atoms with Gasteiger partial charge in [-0.2, -0.15) is 0 Å². The normalized spacial score (nSPS) is 10.2. The number of hydrogen-bond donors (Lipinski definition) is 2. The van der Waals surface area contributed by atoms with E-state index in [4.69, 9.17) is 0 Å². The lowest BCUT2D eigenvalue weighted by atomic mass is 10.1. The second-order valence-electron chi connectivity index (χ2n) is 5.82. The van der Waals surface area contributed by atoms with Crippen LogP contribution in [0.4, 0.5) is 11.6 Å². The molecule has 0 spiro atoms. The Bertz CT molecular complexity index is 874. The van der Waals surface area contributed by atoms with E-state index in [2.05, 4.69) is 20.6 Å². The maximum atomic E-state index is 12.3. The zero-order valence-corrected chi connectivity index (χ0v) is 14.5. The van der Waals surface area contributed by atoms with Crippen molar-refractivity contribution in [1.82, 2.24) is 9.97 Å². The number of amides is 2. The molecule has 3 rings (SSSR count). The van der Waals surface area contributed by atoms with Gasteiger partial charge in [0.25, 0.3) is 11.8 Å². The van der Waals surface area contributed by atoms with Crippen molar-refractivity contribution in [2.75, 3.05) is 10.6 Å². The van der Waals surface area contributed by atoms with Crippen LogP contribution in [-0.2, 0) is 0 Å². The van der Waals surface area contributed by atoms with Crippen molar-refractivity contribution in [3.05, 3.63) is 83.2 Å². The van der Waals surface area contributed by atoms with Gasteiger partial charge in [-0.3, -0.25) is 9.59 Å². The highest BCUT2D eigenvalue weighted by Crippen LogP contribution is 2.14. The minimum atomic E-state index is -0.278. The highest BCUT2D eigenvalue weighted by atomic mass is 16.2. The van der Waals surface area contributed by atoms with Gasteiger partial charge < -0.3 is 10.6 Å². The summed E-state index contributed by atoms with van der Waals surface area (Å²) in [7, 11) is 0. The van der Waals surface area contributed by atoms with Crippen molar-refractivity contribution in [2.24, 2.45) is 0 Å². The quantitative estimate of drug-likeness (QED) is 0.756. The topological polar surface area (TPSA) is 84.0 Å². The van der Waals surface area contributed by atoms with Crippen LogP contribution in [0.5, 0.6) is 0 Å². The number of aryl methyl sites for hydroxylation is 2. The Morgan fingerprint density at radius 3 is 1.42 bits per heavy atom. The predicted molar refractivity (Wildman–Crippen MR) is 100 cm³/mol. The monoisotopic (exact) mass is 346 g/mol. The van der Waals surface area contributed by atoms with Crippen molar-refractivity contribution in [2.45, 2.75) is 13.8 Å². The molecular weight excluding hydrogens is 328 g/mol. The van der Waals surface area contributed by atoms with Gasteiger partial charge in [0.1, 0.15) is 11.6 Å². The van der Waals surface area contributed by atoms with Crippen LogP contribution in [0, 0.1) is 13.8 Å². The van der Waals surface area contributed by atoms with Crippen LogP contribution >= 0.6 is 0 Å². The zero-order chi connectivity index (χ0) is 18.5. The average Bonchev–Trinajstić information content (AvgIpc) is 2.65. The predicted octanol–water partition coefficient (Wildman–Crippen LogP) is 3.60. The molecule has 130 valence electrons. The fourth-order valence-electron chi connectivity index (χ4n) is 2.37. The Kier molecular flexibility index (Phi) is 5.03. The van der Waals surface area contributed by atoms with Crippen LogP contribution in [-0.4, -0.2) is 21.8 Å². The minimum Gasteiger partial charge on any atom is -0.306 e. The molecule has 0 unspecified atom stereocenters. The minimum absolute atomic E-state index is 0.278. The lowest BCUT2D eigenvalue weighted by Gasteiger charge is -2.09. The van der Waals surface area contributed by atoms with E-state index >= 15 is 0 Å². The lowest BCUT2D eigenvalue weighted by molar-refractivity contribution is 0.101. The number of nitrogens with zero attached hydrogens (tertiary/aromatic N) is 2. The fourth-order valence-corrected chi connectivity index (χ4v) is 2.37. The molecule has 0 saturated heterocycles. The highest BCUT2D eigenvalue weighted by Gasteiger charge is 2.12. The van der Waals surface area contributed by atoms with Gasteiger partial charge in [-0.25, -0.2) is 9.97 Å². The molecule has 3 aromatic rings. The number of nitrogens with one attached hydrogen (secondary N) is 2. The van der Waals surface area contributed by atoms with E-state index in [0.29, 0.717) is 22.8 Å². The average molecular weight is 346 g/mol. The molecule has 0 bridgehead atoms. The van der Waals surface area contributed by atoms with E-state index < -0.39 is 0 Å². The summed E-state index contributed by atoms with van der Waals surface area (Å²) in [6, 6.07) is 13.8. The van der Waals surface area contributed by atoms with E-state index in [1.54, 1.807) is 36.7 Å². The van der Waals surface area contributed by atoms with Gasteiger partial charge >= 0.3 is 0 Å². The summed E-state index contributed by atoms with van der Waals surface area (Å²) in [5.41, 5.74) is 2.64. The van der Waals surface area contributed by atoms with Gasteiger partial charge in [-0.1, -0.05) is 12.1 Å². The fraction of sp³-hybridized carbons (Fsp3) is 0.100. The standard InChI is InChI=1S/C20H18N4O2/c1-13-5-3-11-21-17(13)23-19(25)15-7-9-16(10-8-15)20(26)24-18-14(2)6-4-12-22-18/h3-12H,1-2H3,(H,21,23,25)(H,22,24,26). The maximum absolute atomic E-state index is 12.3. The summed E-state index contributed by atoms with van der Waals surface area (Å²) in [4.78, 5) is 32.9. The molecule has 1 aromatic carbocycles. The van der Waals surface area contributed by atoms with Gasteiger partial charge in [0, 0.05) is 23.5 Å². The van der Waals surface area contributed by atoms with Gasteiger partial charge in [0.2, 0.25) is 0 Å². The first-order valence-electron chi connectivity index (χ1n) is 8.10. The van der Waals surface area contributed by atoms with Crippen LogP contribution in [0.3, 0.4) is 0 Å². The zero-order valence-electron chi connectivity index (χ0n) is 14.5. The van der Waals surface area contributed by atoms with E-state index in [1.165, 1.54) is 0 Å². The first-order valence-corrected chi connectivity index (χ1v) is 8.10. The number of rotatable bonds is 4. The maximum Gasteiger partial charge on any atom is 0.256 e. The molecule has 0 saturated carbocycles. The molecule has 0 aliphatic rings. The molecular formula is C20H18N4O2. The molecule has 0 aliphatic heterocycles. The molecule has 0 radical (unpaired) electrons. The number of aromatic nitrogens is 2. The van der Waals surface area contributed by atoms with Crippen LogP contribution < -0.4 is 10.6 Å². The molecule has 0 fully saturated rings. The van der Waals surface area contributed by atoms with E-state index in [-0.39, 0.29) is 11.8 Å². The smallest absolute Gasteiger partial charge is 0.256 e. The Hall–Kier alpha value is -3.54. The largest absolute Gasteiger partial charge is 0.306 e. The van der Waals surface area contributed by atoms with Gasteiger partial charge in [-0.15, -0.1) is 0 Å². The number of carbonyl (C=O) groups is 2. The van der Waals surface area contributed by atoms with Crippen molar-refractivity contribution in [3.8, 4) is 0 Å². The third-order valence-electron chi connectivity index (χ3n) is 3.89. The Morgan fingerprint density at radius 2 is 1.08 bits per heavy atom. The molecule has 6 heteroatoms. The van der Waals surface area contributed by atoms with E-state index in [1.807, 2.05) is 38.1 Å². The highest BCUT2D eigenvalue weighted by molar-refractivity contribution is 6.07. The third kappa shape index (κ3) is 3.92. The van der Waals surface area contributed by atoms with E-state index in [0.717, 1.165) is 11.1 Å². The van der Waals surface area contributed by atoms with Crippen molar-refractivity contribution in [3.63, 3.8) is 0 Å². The van der Waals surface area contributed by atoms with Crippen LogP contribution in [0.2, 0.25) is 0 Å². The molecule has 0 aliphatic carbocycles. The van der Waals surface area contributed by atoms with Crippen LogP contribution in [0.25, 0.3) is 0 Å². The second-order valence-corrected chi connectivity index (χ2v) is 5.82. The summed E-state index contributed by atoms with van der Waals surface area (Å²) in [6.07, 6.45) is 3.24. The van der Waals surface area contributed by atoms with Gasteiger partial charge in [-0.05, 0) is 61.4 Å². The van der Waals surface area contributed by atoms with Crippen molar-refractivity contribution >= 4 is 23.5 Å². The lowest BCUT2D eigenvalue weighted by Crippen LogP contribution is -2.16. The van der Waals surface area contributed by atoms with Crippen molar-refractivity contribution in [1.29, 1.82) is 0 Å². The molecule has 2 heterocycles. The molecule has 26 heavy (non-hydrogen) atoms. The first-order chi connectivity index (χ1) is 12.5. The molecule has 6 nitrogen and oxygen atoms in total. The summed E-state index contributed by atoms with van der Waals surface area (Å²) >= 11 is 0. The summed E-state index contributed by atoms with van der Waals surface area (Å²) in [5.74, 6) is 0.480. The SMILES string of the molecule is Cc1cccnc1NC(=O)c1ccc(C(=O)Nc2ncccc2C)cc1. The molecule has 2 amide bonds. The molecule has 0 atom stereocenters. The Labute approximate surface area is 151 Å². The second kappa shape index (κ2) is 7.57. The van der Waals surface area contributed by atoms with Gasteiger partial charge in [0.15, 0.2) is 0 Å². The molecule has 2 N–H and O–H groups in total. The number of carbonyl (C=O) groups excluding carboxylic acids is 2. The number of hydrogen-bond acceptors (Lipinski definition) is 4. The summed E-state index contributed by atoms with van der Waals surface area (Å²) < 4.78 is 0. The van der Waals surface area contributed by atoms with Crippen LogP contribution in [0.1, 0.15) is 31.8 Å². The third-order valence-corrected chi connectivity index (χ3v) is 3.89. The number of anilines is 2. The van der Waals surface area contributed by atoms with Gasteiger partial charge in [0.05, 0.1) is 0 Å². The van der Waals surface area contributed by atoms with E-state index in [9.17, 15) is 9.59 Å². The van der Waals surface area contributed by atoms with Crippen LogP contribution in [0.15, 0.2) is 60.9 Å². The van der Waals surface area contributed by atoms with Crippen molar-refractivity contribution < 1.29 is 9.59 Å². The molecule has 2 aromatic heterocycles. The summed E-state index contributed by atoms with van der Waals surface area (Å²) in [6.45, 7) is 3.74. The Balaban J connectivity index is 1.70. The Morgan fingerprint density at radius 1 is 0.692 bits per heavy atom.